The second-order valence-electron chi connectivity index (χ2n) is 6.05. The van der Waals surface area contributed by atoms with Crippen LogP contribution in [-0.4, -0.2) is 37.1 Å². The number of guanidine groups is 1. The lowest BCUT2D eigenvalue weighted by Gasteiger charge is -2.27. The summed E-state index contributed by atoms with van der Waals surface area (Å²) in [6.45, 7) is 9.08. The molecular weight excluding hydrogens is 286 g/mol. The molecule has 0 spiro atoms. The average molecular weight is 317 g/mol. The number of rotatable bonds is 7. The van der Waals surface area contributed by atoms with E-state index in [1.54, 1.807) is 0 Å². The SMILES string of the molecule is CCCCNC(=NCc1ccnc(N2CCCCC2)c1)NCC. The van der Waals surface area contributed by atoms with Gasteiger partial charge in [-0.05, 0) is 50.3 Å². The Bertz CT molecular complexity index is 480. The third-order valence-corrected chi connectivity index (χ3v) is 4.08. The van der Waals surface area contributed by atoms with Gasteiger partial charge in [-0.25, -0.2) is 9.98 Å². The summed E-state index contributed by atoms with van der Waals surface area (Å²) in [5.74, 6) is 2.00. The average Bonchev–Trinajstić information content (AvgIpc) is 2.61. The molecular formula is C18H31N5. The number of unbranched alkanes of at least 4 members (excludes halogenated alkanes) is 1. The van der Waals surface area contributed by atoms with E-state index < -0.39 is 0 Å². The Labute approximate surface area is 140 Å². The smallest absolute Gasteiger partial charge is 0.191 e. The molecule has 2 rings (SSSR count). The van der Waals surface area contributed by atoms with Crippen LogP contribution in [-0.2, 0) is 6.54 Å². The van der Waals surface area contributed by atoms with E-state index in [0.717, 1.165) is 38.0 Å². The Morgan fingerprint density at radius 3 is 2.78 bits per heavy atom. The molecule has 1 aliphatic rings. The molecule has 0 bridgehead atoms. The zero-order chi connectivity index (χ0) is 16.3. The highest BCUT2D eigenvalue weighted by Crippen LogP contribution is 2.18. The summed E-state index contributed by atoms with van der Waals surface area (Å²) in [7, 11) is 0. The molecule has 2 N–H and O–H groups in total. The van der Waals surface area contributed by atoms with Gasteiger partial charge < -0.3 is 15.5 Å². The van der Waals surface area contributed by atoms with Crippen LogP contribution in [0.15, 0.2) is 23.3 Å². The molecule has 1 aliphatic heterocycles. The van der Waals surface area contributed by atoms with E-state index in [9.17, 15) is 0 Å². The van der Waals surface area contributed by atoms with Gasteiger partial charge in [-0.1, -0.05) is 13.3 Å². The quantitative estimate of drug-likeness (QED) is 0.461. The number of piperidine rings is 1. The Balaban J connectivity index is 1.95. The van der Waals surface area contributed by atoms with Crippen LogP contribution < -0.4 is 15.5 Å². The topological polar surface area (TPSA) is 52.6 Å². The second kappa shape index (κ2) is 10.1. The first-order valence-corrected chi connectivity index (χ1v) is 9.05. The van der Waals surface area contributed by atoms with Gasteiger partial charge in [0.05, 0.1) is 6.54 Å². The first-order valence-electron chi connectivity index (χ1n) is 9.05. The Hall–Kier alpha value is -1.78. The maximum atomic E-state index is 4.69. The van der Waals surface area contributed by atoms with Crippen LogP contribution in [0.5, 0.6) is 0 Å². The largest absolute Gasteiger partial charge is 0.357 e. The number of hydrogen-bond donors (Lipinski definition) is 2. The number of anilines is 1. The van der Waals surface area contributed by atoms with Gasteiger partial charge in [0.2, 0.25) is 0 Å². The fourth-order valence-electron chi connectivity index (χ4n) is 2.75. The number of nitrogens with zero attached hydrogens (tertiary/aromatic N) is 3. The molecule has 1 aromatic rings. The summed E-state index contributed by atoms with van der Waals surface area (Å²) in [4.78, 5) is 11.6. The van der Waals surface area contributed by atoms with Crippen LogP contribution in [0.25, 0.3) is 0 Å². The lowest BCUT2D eigenvalue weighted by molar-refractivity contribution is 0.573. The summed E-state index contributed by atoms with van der Waals surface area (Å²) in [6.07, 6.45) is 8.16. The van der Waals surface area contributed by atoms with Gasteiger partial charge in [-0.2, -0.15) is 0 Å². The highest BCUT2D eigenvalue weighted by Gasteiger charge is 2.12. The third-order valence-electron chi connectivity index (χ3n) is 4.08. The second-order valence-corrected chi connectivity index (χ2v) is 6.05. The molecule has 0 aromatic carbocycles. The molecule has 128 valence electrons. The number of nitrogens with one attached hydrogen (secondary N) is 2. The Kier molecular flexibility index (Phi) is 7.70. The van der Waals surface area contributed by atoms with Crippen LogP contribution in [0.4, 0.5) is 5.82 Å². The molecule has 1 aromatic heterocycles. The van der Waals surface area contributed by atoms with Crippen LogP contribution in [0.3, 0.4) is 0 Å². The zero-order valence-corrected chi connectivity index (χ0v) is 14.6. The Morgan fingerprint density at radius 1 is 1.22 bits per heavy atom. The van der Waals surface area contributed by atoms with Gasteiger partial charge >= 0.3 is 0 Å². The van der Waals surface area contributed by atoms with Crippen molar-refractivity contribution >= 4 is 11.8 Å². The van der Waals surface area contributed by atoms with Crippen molar-refractivity contribution in [2.45, 2.75) is 52.5 Å². The number of aromatic nitrogens is 1. The molecule has 0 saturated carbocycles. The van der Waals surface area contributed by atoms with E-state index >= 15 is 0 Å². The van der Waals surface area contributed by atoms with Gasteiger partial charge in [-0.3, -0.25) is 0 Å². The van der Waals surface area contributed by atoms with Gasteiger partial charge in [0, 0.05) is 32.4 Å². The van der Waals surface area contributed by atoms with Crippen molar-refractivity contribution in [3.63, 3.8) is 0 Å². The van der Waals surface area contributed by atoms with Crippen molar-refractivity contribution < 1.29 is 0 Å². The molecule has 1 saturated heterocycles. The van der Waals surface area contributed by atoms with Gasteiger partial charge in [0.15, 0.2) is 5.96 Å². The minimum absolute atomic E-state index is 0.685. The van der Waals surface area contributed by atoms with Crippen molar-refractivity contribution in [1.29, 1.82) is 0 Å². The standard InChI is InChI=1S/C18H31N5/c1-3-5-10-21-18(19-4-2)22-15-16-9-11-20-17(14-16)23-12-7-6-8-13-23/h9,11,14H,3-8,10,12-13,15H2,1-2H3,(H2,19,21,22). The fourth-order valence-corrected chi connectivity index (χ4v) is 2.75. The highest BCUT2D eigenvalue weighted by atomic mass is 15.2. The van der Waals surface area contributed by atoms with Gasteiger partial charge in [-0.15, -0.1) is 0 Å². The van der Waals surface area contributed by atoms with E-state index in [2.05, 4.69) is 51.5 Å². The minimum atomic E-state index is 0.685. The molecule has 23 heavy (non-hydrogen) atoms. The van der Waals surface area contributed by atoms with Crippen LogP contribution >= 0.6 is 0 Å². The van der Waals surface area contributed by atoms with E-state index in [-0.39, 0.29) is 0 Å². The summed E-state index contributed by atoms with van der Waals surface area (Å²) in [5, 5.41) is 6.69. The molecule has 0 atom stereocenters. The number of pyridine rings is 1. The summed E-state index contributed by atoms with van der Waals surface area (Å²) >= 11 is 0. The predicted octanol–water partition coefficient (Wildman–Crippen LogP) is 2.93. The van der Waals surface area contributed by atoms with Gasteiger partial charge in [0.1, 0.15) is 5.82 Å². The minimum Gasteiger partial charge on any atom is -0.357 e. The van der Waals surface area contributed by atoms with E-state index in [4.69, 9.17) is 0 Å². The monoisotopic (exact) mass is 317 g/mol. The maximum Gasteiger partial charge on any atom is 0.191 e. The molecule has 5 heteroatoms. The molecule has 2 heterocycles. The predicted molar refractivity (Wildman–Crippen MR) is 98.0 cm³/mol. The fraction of sp³-hybridized carbons (Fsp3) is 0.667. The van der Waals surface area contributed by atoms with Gasteiger partial charge in [0.25, 0.3) is 0 Å². The molecule has 1 fully saturated rings. The molecule has 0 radical (unpaired) electrons. The normalized spacial score (nSPS) is 15.6. The van der Waals surface area contributed by atoms with Crippen molar-refractivity contribution in [2.24, 2.45) is 4.99 Å². The van der Waals surface area contributed by atoms with Crippen molar-refractivity contribution in [1.82, 2.24) is 15.6 Å². The molecule has 0 unspecified atom stereocenters. The third kappa shape index (κ3) is 6.08. The maximum absolute atomic E-state index is 4.69. The summed E-state index contributed by atoms with van der Waals surface area (Å²) < 4.78 is 0. The summed E-state index contributed by atoms with van der Waals surface area (Å²) in [5.41, 5.74) is 1.22. The van der Waals surface area contributed by atoms with E-state index in [1.165, 1.54) is 37.7 Å². The first kappa shape index (κ1) is 17.6. The van der Waals surface area contributed by atoms with Crippen LogP contribution in [0, 0.1) is 0 Å². The zero-order valence-electron chi connectivity index (χ0n) is 14.6. The Morgan fingerprint density at radius 2 is 2.04 bits per heavy atom. The molecule has 0 aliphatic carbocycles. The number of aliphatic imine (C=N–C) groups is 1. The van der Waals surface area contributed by atoms with E-state index in [0.29, 0.717) is 6.54 Å². The van der Waals surface area contributed by atoms with E-state index in [1.807, 2.05) is 6.20 Å². The van der Waals surface area contributed by atoms with Crippen molar-refractivity contribution in [3.8, 4) is 0 Å². The first-order chi connectivity index (χ1) is 11.3. The van der Waals surface area contributed by atoms with Crippen LogP contribution in [0.2, 0.25) is 0 Å². The van der Waals surface area contributed by atoms with Crippen molar-refractivity contribution in [2.75, 3.05) is 31.1 Å². The van der Waals surface area contributed by atoms with Crippen LogP contribution in [0.1, 0.15) is 51.5 Å². The molecule has 5 nitrogen and oxygen atoms in total. The highest BCUT2D eigenvalue weighted by molar-refractivity contribution is 5.79. The number of hydrogen-bond acceptors (Lipinski definition) is 3. The summed E-state index contributed by atoms with van der Waals surface area (Å²) in [6, 6.07) is 4.25. The lowest BCUT2D eigenvalue weighted by Crippen LogP contribution is -2.37. The lowest BCUT2D eigenvalue weighted by atomic mass is 10.1. The van der Waals surface area contributed by atoms with Crippen molar-refractivity contribution in [3.05, 3.63) is 23.9 Å². The molecule has 0 amide bonds.